The van der Waals surface area contributed by atoms with Gasteiger partial charge in [0.1, 0.15) is 0 Å². The van der Waals surface area contributed by atoms with Crippen LogP contribution in [0, 0.1) is 0 Å². The molecule has 11 aromatic rings. The summed E-state index contributed by atoms with van der Waals surface area (Å²) in [5, 5.41) is 7.95. The van der Waals surface area contributed by atoms with Crippen LogP contribution in [0.5, 0.6) is 0 Å². The van der Waals surface area contributed by atoms with Crippen molar-refractivity contribution < 1.29 is 0 Å². The molecule has 0 atom stereocenters. The van der Waals surface area contributed by atoms with Gasteiger partial charge in [0.25, 0.3) is 0 Å². The molecular formula is C52H33NS2. The average Bonchev–Trinajstić information content (AvgIpc) is 3.84. The van der Waals surface area contributed by atoms with E-state index in [2.05, 4.69) is 205 Å². The van der Waals surface area contributed by atoms with Crippen LogP contribution in [0.15, 0.2) is 200 Å². The fourth-order valence-corrected chi connectivity index (χ4v) is 10.9. The van der Waals surface area contributed by atoms with Crippen LogP contribution in [0.3, 0.4) is 0 Å². The second-order valence-electron chi connectivity index (χ2n) is 14.1. The standard InChI is InChI=1S/C52H33NS2/c1-3-11-34(12-4-1)36-21-26-41(27-22-36)53(42-28-23-37(24-29-42)40-17-9-16-39(33-40)35-13-5-2-6-14-35)47-20-10-19-44-45-31-32-48-49(52(45)55-51(44)47)46-30-25-38-15-7-8-18-43(38)50(46)54-48/h1-33H. The van der Waals surface area contributed by atoms with Gasteiger partial charge < -0.3 is 4.90 Å². The molecule has 0 saturated carbocycles. The lowest BCUT2D eigenvalue weighted by Crippen LogP contribution is -2.10. The Hall–Kier alpha value is -6.52. The Morgan fingerprint density at radius 3 is 1.55 bits per heavy atom. The number of nitrogens with zero attached hydrogens (tertiary/aromatic N) is 1. The Balaban J connectivity index is 1.08. The number of benzene rings is 9. The Labute approximate surface area is 327 Å². The SMILES string of the molecule is c1ccc(-c2ccc(N(c3ccc(-c4cccc(-c5ccccc5)c4)cc3)c3cccc4c3sc3c4ccc4sc5c6ccccc6ccc5c43)cc2)cc1. The van der Waals surface area contributed by atoms with E-state index in [-0.39, 0.29) is 0 Å². The van der Waals surface area contributed by atoms with E-state index in [9.17, 15) is 0 Å². The van der Waals surface area contributed by atoms with E-state index in [1.54, 1.807) is 0 Å². The summed E-state index contributed by atoms with van der Waals surface area (Å²) in [5.41, 5.74) is 10.7. The van der Waals surface area contributed by atoms with Crippen LogP contribution in [0.25, 0.3) is 84.5 Å². The second kappa shape index (κ2) is 13.1. The summed E-state index contributed by atoms with van der Waals surface area (Å²) in [7, 11) is 0. The lowest BCUT2D eigenvalue weighted by molar-refractivity contribution is 1.30. The number of fused-ring (bicyclic) bond motifs is 9. The largest absolute Gasteiger partial charge is 0.309 e. The molecule has 2 heterocycles. The summed E-state index contributed by atoms with van der Waals surface area (Å²) < 4.78 is 5.35. The molecule has 0 aliphatic carbocycles. The molecule has 9 aromatic carbocycles. The molecule has 0 N–H and O–H groups in total. The zero-order valence-electron chi connectivity index (χ0n) is 29.8. The summed E-state index contributed by atoms with van der Waals surface area (Å²) in [6.07, 6.45) is 0. The molecule has 3 heteroatoms. The molecule has 0 fully saturated rings. The Kier molecular flexibility index (Phi) is 7.61. The first-order chi connectivity index (χ1) is 27.3. The highest BCUT2D eigenvalue weighted by molar-refractivity contribution is 7.30. The van der Waals surface area contributed by atoms with Crippen LogP contribution in [0.4, 0.5) is 17.1 Å². The smallest absolute Gasteiger partial charge is 0.0640 e. The quantitative estimate of drug-likeness (QED) is 0.164. The zero-order chi connectivity index (χ0) is 36.3. The Morgan fingerprint density at radius 1 is 0.309 bits per heavy atom. The van der Waals surface area contributed by atoms with E-state index in [1.165, 1.54) is 90.2 Å². The monoisotopic (exact) mass is 735 g/mol. The van der Waals surface area contributed by atoms with Gasteiger partial charge in [-0.15, -0.1) is 22.7 Å². The van der Waals surface area contributed by atoms with Crippen molar-refractivity contribution >= 4 is 90.9 Å². The molecule has 0 unspecified atom stereocenters. The van der Waals surface area contributed by atoms with Gasteiger partial charge in [0.2, 0.25) is 0 Å². The molecule has 1 nitrogen and oxygen atoms in total. The number of hydrogen-bond acceptors (Lipinski definition) is 3. The van der Waals surface area contributed by atoms with E-state index in [0.29, 0.717) is 0 Å². The summed E-state index contributed by atoms with van der Waals surface area (Å²) in [5.74, 6) is 0. The van der Waals surface area contributed by atoms with Gasteiger partial charge in [-0.2, -0.15) is 0 Å². The fraction of sp³-hybridized carbons (Fsp3) is 0. The predicted octanol–water partition coefficient (Wildman–Crippen LogP) is 16.0. The molecule has 0 bridgehead atoms. The van der Waals surface area contributed by atoms with Crippen molar-refractivity contribution in [3.8, 4) is 33.4 Å². The topological polar surface area (TPSA) is 3.24 Å². The third-order valence-electron chi connectivity index (χ3n) is 10.9. The molecule has 55 heavy (non-hydrogen) atoms. The van der Waals surface area contributed by atoms with Gasteiger partial charge in [0, 0.05) is 47.0 Å². The van der Waals surface area contributed by atoms with Gasteiger partial charge in [0.05, 0.1) is 10.4 Å². The van der Waals surface area contributed by atoms with E-state index >= 15 is 0 Å². The van der Waals surface area contributed by atoms with E-state index in [4.69, 9.17) is 0 Å². The number of rotatable bonds is 6. The van der Waals surface area contributed by atoms with Crippen molar-refractivity contribution in [3.05, 3.63) is 200 Å². The van der Waals surface area contributed by atoms with Crippen LogP contribution < -0.4 is 4.90 Å². The first-order valence-electron chi connectivity index (χ1n) is 18.7. The maximum atomic E-state index is 2.44. The molecule has 0 amide bonds. The van der Waals surface area contributed by atoms with Gasteiger partial charge in [-0.3, -0.25) is 0 Å². The predicted molar refractivity (Wildman–Crippen MR) is 241 cm³/mol. The summed E-state index contributed by atoms with van der Waals surface area (Å²) in [6, 6.07) is 73.1. The van der Waals surface area contributed by atoms with Gasteiger partial charge in [-0.25, -0.2) is 0 Å². The maximum Gasteiger partial charge on any atom is 0.0640 e. The molecule has 2 aromatic heterocycles. The lowest BCUT2D eigenvalue weighted by atomic mass is 9.99. The molecule has 0 radical (unpaired) electrons. The minimum atomic E-state index is 1.12. The molecular weight excluding hydrogens is 703 g/mol. The fourth-order valence-electron chi connectivity index (χ4n) is 8.18. The summed E-state index contributed by atoms with van der Waals surface area (Å²) in [4.78, 5) is 2.44. The van der Waals surface area contributed by atoms with E-state index in [1.807, 2.05) is 22.7 Å². The Morgan fingerprint density at radius 2 is 0.836 bits per heavy atom. The zero-order valence-corrected chi connectivity index (χ0v) is 31.4. The van der Waals surface area contributed by atoms with Crippen LogP contribution in [-0.2, 0) is 0 Å². The average molecular weight is 736 g/mol. The second-order valence-corrected chi connectivity index (χ2v) is 16.2. The van der Waals surface area contributed by atoms with Crippen molar-refractivity contribution in [1.29, 1.82) is 0 Å². The van der Waals surface area contributed by atoms with Gasteiger partial charge in [-0.1, -0.05) is 158 Å². The third-order valence-corrected chi connectivity index (χ3v) is 13.3. The highest BCUT2D eigenvalue weighted by atomic mass is 32.1. The minimum absolute atomic E-state index is 1.12. The number of thiophene rings is 2. The normalized spacial score (nSPS) is 11.6. The molecule has 258 valence electrons. The summed E-state index contributed by atoms with van der Waals surface area (Å²) >= 11 is 3.84. The van der Waals surface area contributed by atoms with E-state index < -0.39 is 0 Å². The first kappa shape index (κ1) is 32.0. The van der Waals surface area contributed by atoms with Crippen LogP contribution in [0.2, 0.25) is 0 Å². The van der Waals surface area contributed by atoms with Crippen molar-refractivity contribution in [2.45, 2.75) is 0 Å². The first-order valence-corrected chi connectivity index (χ1v) is 20.3. The van der Waals surface area contributed by atoms with Crippen molar-refractivity contribution in [2.75, 3.05) is 4.90 Å². The van der Waals surface area contributed by atoms with Crippen LogP contribution in [-0.4, -0.2) is 0 Å². The van der Waals surface area contributed by atoms with Gasteiger partial charge in [-0.05, 0) is 86.6 Å². The Bertz CT molecular complexity index is 3180. The number of anilines is 3. The molecule has 0 aliphatic rings. The summed E-state index contributed by atoms with van der Waals surface area (Å²) in [6.45, 7) is 0. The highest BCUT2D eigenvalue weighted by Gasteiger charge is 2.21. The van der Waals surface area contributed by atoms with Crippen LogP contribution >= 0.6 is 22.7 Å². The molecule has 0 spiro atoms. The van der Waals surface area contributed by atoms with Crippen LogP contribution in [0.1, 0.15) is 0 Å². The lowest BCUT2D eigenvalue weighted by Gasteiger charge is -2.26. The maximum absolute atomic E-state index is 2.44. The van der Waals surface area contributed by atoms with Crippen molar-refractivity contribution in [1.82, 2.24) is 0 Å². The molecule has 0 aliphatic heterocycles. The van der Waals surface area contributed by atoms with Crippen molar-refractivity contribution in [3.63, 3.8) is 0 Å². The highest BCUT2D eigenvalue weighted by Crippen LogP contribution is 2.50. The third kappa shape index (κ3) is 5.43. The molecule has 11 rings (SSSR count). The molecule has 0 saturated heterocycles. The minimum Gasteiger partial charge on any atom is -0.309 e. The van der Waals surface area contributed by atoms with Crippen molar-refractivity contribution in [2.24, 2.45) is 0 Å². The van der Waals surface area contributed by atoms with Gasteiger partial charge in [0.15, 0.2) is 0 Å². The number of hydrogen-bond donors (Lipinski definition) is 0. The van der Waals surface area contributed by atoms with E-state index in [0.717, 1.165) is 11.4 Å². The van der Waals surface area contributed by atoms with Gasteiger partial charge >= 0.3 is 0 Å².